The predicted molar refractivity (Wildman–Crippen MR) is 102 cm³/mol. The Bertz CT molecular complexity index is 759. The van der Waals surface area contributed by atoms with Crippen LogP contribution >= 0.6 is 0 Å². The fourth-order valence-electron chi connectivity index (χ4n) is 2.29. The number of carbonyl (C=O) groups is 2. The van der Waals surface area contributed by atoms with E-state index in [1.54, 1.807) is 30.3 Å². The van der Waals surface area contributed by atoms with Crippen molar-refractivity contribution in [1.82, 2.24) is 10.3 Å². The average molecular weight is 355 g/mol. The summed E-state index contributed by atoms with van der Waals surface area (Å²) in [6, 6.07) is 12.0. The van der Waals surface area contributed by atoms with Gasteiger partial charge in [-0.1, -0.05) is 32.0 Å². The highest BCUT2D eigenvalue weighted by atomic mass is 16.5. The molecule has 0 unspecified atom stereocenters. The molecule has 0 spiro atoms. The lowest BCUT2D eigenvalue weighted by molar-refractivity contribution is 0.0947. The first-order valence-electron chi connectivity index (χ1n) is 8.79. The van der Waals surface area contributed by atoms with E-state index in [1.807, 2.05) is 19.1 Å². The molecule has 1 aromatic heterocycles. The zero-order valence-electron chi connectivity index (χ0n) is 15.4. The molecule has 6 nitrogen and oxygen atoms in total. The number of ether oxygens (including phenoxy) is 1. The van der Waals surface area contributed by atoms with E-state index in [0.717, 1.165) is 6.42 Å². The van der Waals surface area contributed by atoms with Crippen molar-refractivity contribution in [3.05, 3.63) is 53.9 Å². The Balaban J connectivity index is 2.07. The highest BCUT2D eigenvalue weighted by molar-refractivity contribution is 6.04. The van der Waals surface area contributed by atoms with E-state index in [-0.39, 0.29) is 17.3 Å². The number of carbonyl (C=O) groups excluding carboxylic acids is 2. The van der Waals surface area contributed by atoms with E-state index in [0.29, 0.717) is 30.5 Å². The van der Waals surface area contributed by atoms with Crippen LogP contribution < -0.4 is 15.4 Å². The fourth-order valence-corrected chi connectivity index (χ4v) is 2.29. The van der Waals surface area contributed by atoms with Crippen LogP contribution in [0.3, 0.4) is 0 Å². The SMILES string of the molecule is CCOc1ccccc1NC(=O)c1cccc(C(=O)NCCC(C)C)n1. The molecule has 0 aliphatic heterocycles. The molecule has 26 heavy (non-hydrogen) atoms. The molecule has 2 rings (SSSR count). The van der Waals surface area contributed by atoms with E-state index in [2.05, 4.69) is 29.5 Å². The molecule has 6 heteroatoms. The van der Waals surface area contributed by atoms with Crippen LogP contribution in [0.15, 0.2) is 42.5 Å². The second kappa shape index (κ2) is 9.56. The predicted octanol–water partition coefficient (Wildman–Crippen LogP) is 3.51. The monoisotopic (exact) mass is 355 g/mol. The van der Waals surface area contributed by atoms with Gasteiger partial charge in [0.25, 0.3) is 11.8 Å². The van der Waals surface area contributed by atoms with Crippen LogP contribution in [0.5, 0.6) is 5.75 Å². The Hall–Kier alpha value is -2.89. The Morgan fingerprint density at radius 1 is 1.04 bits per heavy atom. The summed E-state index contributed by atoms with van der Waals surface area (Å²) >= 11 is 0. The smallest absolute Gasteiger partial charge is 0.274 e. The Labute approximate surface area is 154 Å². The lowest BCUT2D eigenvalue weighted by Gasteiger charge is -2.11. The third-order valence-corrected chi connectivity index (χ3v) is 3.66. The number of nitrogens with zero attached hydrogens (tertiary/aromatic N) is 1. The summed E-state index contributed by atoms with van der Waals surface area (Å²) in [6.07, 6.45) is 0.889. The topological polar surface area (TPSA) is 80.3 Å². The van der Waals surface area contributed by atoms with E-state index in [1.165, 1.54) is 0 Å². The van der Waals surface area contributed by atoms with Gasteiger partial charge in [-0.25, -0.2) is 4.98 Å². The second-order valence-corrected chi connectivity index (χ2v) is 6.23. The van der Waals surface area contributed by atoms with Crippen molar-refractivity contribution in [2.75, 3.05) is 18.5 Å². The minimum absolute atomic E-state index is 0.174. The molecule has 0 aliphatic carbocycles. The molecule has 2 amide bonds. The van der Waals surface area contributed by atoms with Gasteiger partial charge in [-0.15, -0.1) is 0 Å². The van der Waals surface area contributed by atoms with Crippen LogP contribution in [0.25, 0.3) is 0 Å². The molecule has 2 N–H and O–H groups in total. The molecular formula is C20H25N3O3. The number of hydrogen-bond acceptors (Lipinski definition) is 4. The first-order chi connectivity index (χ1) is 12.5. The maximum absolute atomic E-state index is 12.5. The molecular weight excluding hydrogens is 330 g/mol. The normalized spacial score (nSPS) is 10.5. The number of benzene rings is 1. The van der Waals surface area contributed by atoms with Crippen LogP contribution in [-0.2, 0) is 0 Å². The van der Waals surface area contributed by atoms with Gasteiger partial charge in [0.15, 0.2) is 0 Å². The van der Waals surface area contributed by atoms with Crippen molar-refractivity contribution in [2.45, 2.75) is 27.2 Å². The summed E-state index contributed by atoms with van der Waals surface area (Å²) in [5.41, 5.74) is 0.959. The third-order valence-electron chi connectivity index (χ3n) is 3.66. The summed E-state index contributed by atoms with van der Waals surface area (Å²) in [7, 11) is 0. The molecule has 138 valence electrons. The molecule has 0 atom stereocenters. The molecule has 1 aromatic carbocycles. The molecule has 1 heterocycles. The minimum Gasteiger partial charge on any atom is -0.492 e. The number of rotatable bonds is 8. The van der Waals surface area contributed by atoms with Gasteiger partial charge in [-0.2, -0.15) is 0 Å². The first-order valence-corrected chi connectivity index (χ1v) is 8.79. The Kier molecular flexibility index (Phi) is 7.14. The van der Waals surface area contributed by atoms with Gasteiger partial charge in [0, 0.05) is 6.54 Å². The van der Waals surface area contributed by atoms with E-state index in [4.69, 9.17) is 4.74 Å². The molecule has 0 fully saturated rings. The maximum atomic E-state index is 12.5. The number of nitrogens with one attached hydrogen (secondary N) is 2. The lowest BCUT2D eigenvalue weighted by atomic mass is 10.1. The van der Waals surface area contributed by atoms with Gasteiger partial charge < -0.3 is 15.4 Å². The van der Waals surface area contributed by atoms with Crippen molar-refractivity contribution < 1.29 is 14.3 Å². The van der Waals surface area contributed by atoms with Crippen molar-refractivity contribution >= 4 is 17.5 Å². The molecule has 0 aliphatic rings. The lowest BCUT2D eigenvalue weighted by Crippen LogP contribution is -2.27. The first kappa shape index (κ1) is 19.4. The summed E-state index contributed by atoms with van der Waals surface area (Å²) in [5, 5.41) is 5.60. The second-order valence-electron chi connectivity index (χ2n) is 6.23. The van der Waals surface area contributed by atoms with Gasteiger partial charge in [0.1, 0.15) is 17.1 Å². The van der Waals surface area contributed by atoms with Crippen LogP contribution in [0.4, 0.5) is 5.69 Å². The summed E-state index contributed by atoms with van der Waals surface area (Å²) < 4.78 is 5.50. The quantitative estimate of drug-likeness (QED) is 0.759. The zero-order chi connectivity index (χ0) is 18.9. The number of pyridine rings is 1. The largest absolute Gasteiger partial charge is 0.492 e. The van der Waals surface area contributed by atoms with Gasteiger partial charge >= 0.3 is 0 Å². The van der Waals surface area contributed by atoms with Crippen LogP contribution in [0.1, 0.15) is 48.2 Å². The number of amides is 2. The fraction of sp³-hybridized carbons (Fsp3) is 0.350. The van der Waals surface area contributed by atoms with Crippen molar-refractivity contribution in [1.29, 1.82) is 0 Å². The number of aromatic nitrogens is 1. The van der Waals surface area contributed by atoms with E-state index in [9.17, 15) is 9.59 Å². The van der Waals surface area contributed by atoms with E-state index >= 15 is 0 Å². The zero-order valence-corrected chi connectivity index (χ0v) is 15.4. The van der Waals surface area contributed by atoms with Crippen molar-refractivity contribution in [3.8, 4) is 5.75 Å². The Morgan fingerprint density at radius 2 is 1.73 bits per heavy atom. The maximum Gasteiger partial charge on any atom is 0.274 e. The van der Waals surface area contributed by atoms with E-state index < -0.39 is 5.91 Å². The summed E-state index contributed by atoms with van der Waals surface area (Å²) in [5.74, 6) is 0.417. The summed E-state index contributed by atoms with van der Waals surface area (Å²) in [4.78, 5) is 28.8. The number of hydrogen-bond donors (Lipinski definition) is 2. The highest BCUT2D eigenvalue weighted by Crippen LogP contribution is 2.24. The highest BCUT2D eigenvalue weighted by Gasteiger charge is 2.14. The van der Waals surface area contributed by atoms with Crippen LogP contribution in [0, 0.1) is 5.92 Å². The van der Waals surface area contributed by atoms with Crippen LogP contribution in [-0.4, -0.2) is 29.9 Å². The van der Waals surface area contributed by atoms with Gasteiger partial charge in [-0.3, -0.25) is 9.59 Å². The molecule has 0 saturated carbocycles. The van der Waals surface area contributed by atoms with Gasteiger partial charge in [0.05, 0.1) is 12.3 Å². The Morgan fingerprint density at radius 3 is 2.42 bits per heavy atom. The van der Waals surface area contributed by atoms with Crippen molar-refractivity contribution in [3.63, 3.8) is 0 Å². The molecule has 0 bridgehead atoms. The minimum atomic E-state index is -0.394. The van der Waals surface area contributed by atoms with Crippen molar-refractivity contribution in [2.24, 2.45) is 5.92 Å². The van der Waals surface area contributed by atoms with Crippen LogP contribution in [0.2, 0.25) is 0 Å². The number of anilines is 1. The summed E-state index contributed by atoms with van der Waals surface area (Å²) in [6.45, 7) is 7.14. The molecule has 2 aromatic rings. The molecule has 0 radical (unpaired) electrons. The number of para-hydroxylation sites is 2. The van der Waals surface area contributed by atoms with Gasteiger partial charge in [0.2, 0.25) is 0 Å². The standard InChI is InChI=1S/C20H25N3O3/c1-4-26-18-11-6-5-8-15(18)23-20(25)17-10-7-9-16(22-17)19(24)21-13-12-14(2)3/h5-11,14H,4,12-13H2,1-3H3,(H,21,24)(H,23,25). The average Bonchev–Trinajstić information content (AvgIpc) is 2.63. The molecule has 0 saturated heterocycles. The third kappa shape index (κ3) is 5.58. The van der Waals surface area contributed by atoms with Gasteiger partial charge in [-0.05, 0) is 43.5 Å².